The molecule has 0 saturated carbocycles. The molecule has 8 nitrogen and oxygen atoms in total. The number of hydrogen-bond acceptors (Lipinski definition) is 5. The van der Waals surface area contributed by atoms with Crippen molar-refractivity contribution in [3.05, 3.63) is 100.0 Å². The maximum atomic E-state index is 13.3. The first-order valence-corrected chi connectivity index (χ1v) is 12.0. The fourth-order valence-electron chi connectivity index (χ4n) is 3.55. The van der Waals surface area contributed by atoms with Crippen LogP contribution >= 0.6 is 0 Å². The van der Waals surface area contributed by atoms with Crippen molar-refractivity contribution in [2.45, 2.75) is 18.4 Å². The average molecular weight is 477 g/mol. The number of amides is 1. The van der Waals surface area contributed by atoms with Crippen LogP contribution in [0.15, 0.2) is 82.5 Å². The maximum Gasteiger partial charge on any atom is 0.276 e. The van der Waals surface area contributed by atoms with E-state index in [4.69, 9.17) is 0 Å². The van der Waals surface area contributed by atoms with Crippen LogP contribution in [0.5, 0.6) is 0 Å². The molecule has 0 atom stereocenters. The summed E-state index contributed by atoms with van der Waals surface area (Å²) in [5, 5.41) is 7.96. The first-order chi connectivity index (χ1) is 16.2. The highest BCUT2D eigenvalue weighted by Gasteiger charge is 2.21. The van der Waals surface area contributed by atoms with E-state index in [1.807, 2.05) is 30.3 Å². The summed E-state index contributed by atoms with van der Waals surface area (Å²) < 4.78 is 27.5. The first kappa shape index (κ1) is 23.3. The van der Waals surface area contributed by atoms with Crippen molar-refractivity contribution >= 4 is 32.4 Å². The average Bonchev–Trinajstić information content (AvgIpc) is 2.82. The zero-order chi connectivity index (χ0) is 24.5. The summed E-state index contributed by atoms with van der Waals surface area (Å²) in [6.45, 7) is 1.98. The number of rotatable bonds is 6. The Hall–Kier alpha value is -3.82. The van der Waals surface area contributed by atoms with Gasteiger partial charge in [0.1, 0.15) is 0 Å². The standard InChI is InChI=1S/C25H24N4O4S/c1-17-13-14-19(34(32,33)28(2)3)15-22(17)26-24(30)23-20-11-7-8-12-21(20)25(31)29(27-23)16-18-9-5-4-6-10-18/h4-15H,16H2,1-3H3,(H,26,30). The van der Waals surface area contributed by atoms with E-state index in [-0.39, 0.29) is 22.7 Å². The third-order valence-electron chi connectivity index (χ3n) is 5.49. The van der Waals surface area contributed by atoms with Crippen molar-refractivity contribution in [2.75, 3.05) is 19.4 Å². The van der Waals surface area contributed by atoms with Crippen LogP contribution < -0.4 is 10.9 Å². The Morgan fingerprint density at radius 3 is 2.29 bits per heavy atom. The molecule has 0 fully saturated rings. The van der Waals surface area contributed by atoms with Crippen LogP contribution in [0.4, 0.5) is 5.69 Å². The van der Waals surface area contributed by atoms with Crippen molar-refractivity contribution in [3.8, 4) is 0 Å². The molecular formula is C25H24N4O4S. The molecule has 0 aliphatic carbocycles. The number of sulfonamides is 1. The lowest BCUT2D eigenvalue weighted by atomic mass is 10.1. The van der Waals surface area contributed by atoms with Gasteiger partial charge in [-0.2, -0.15) is 5.10 Å². The van der Waals surface area contributed by atoms with E-state index < -0.39 is 15.9 Å². The highest BCUT2D eigenvalue weighted by Crippen LogP contribution is 2.23. The normalized spacial score (nSPS) is 11.6. The molecule has 1 aromatic heterocycles. The van der Waals surface area contributed by atoms with Gasteiger partial charge in [0, 0.05) is 25.2 Å². The Bertz CT molecular complexity index is 1540. The molecule has 174 valence electrons. The number of fused-ring (bicyclic) bond motifs is 1. The topological polar surface area (TPSA) is 101 Å². The number of carbonyl (C=O) groups excluding carboxylic acids is 1. The number of anilines is 1. The first-order valence-electron chi connectivity index (χ1n) is 10.6. The smallest absolute Gasteiger partial charge is 0.276 e. The van der Waals surface area contributed by atoms with Gasteiger partial charge in [0.05, 0.1) is 16.8 Å². The van der Waals surface area contributed by atoms with Crippen LogP contribution in [-0.4, -0.2) is 42.5 Å². The van der Waals surface area contributed by atoms with Gasteiger partial charge in [0.25, 0.3) is 11.5 Å². The van der Waals surface area contributed by atoms with Crippen LogP contribution in [0, 0.1) is 6.92 Å². The Morgan fingerprint density at radius 2 is 1.62 bits per heavy atom. The zero-order valence-electron chi connectivity index (χ0n) is 19.0. The van der Waals surface area contributed by atoms with E-state index >= 15 is 0 Å². The fourth-order valence-corrected chi connectivity index (χ4v) is 4.48. The second kappa shape index (κ2) is 9.20. The predicted molar refractivity (Wildman–Crippen MR) is 132 cm³/mol. The lowest BCUT2D eigenvalue weighted by Gasteiger charge is -2.15. The molecular weight excluding hydrogens is 452 g/mol. The molecule has 0 spiro atoms. The molecule has 0 saturated heterocycles. The number of aromatic nitrogens is 2. The van der Waals surface area contributed by atoms with E-state index in [1.165, 1.54) is 30.9 Å². The number of benzene rings is 3. The Labute approximate surface area is 197 Å². The third kappa shape index (κ3) is 4.48. The fraction of sp³-hybridized carbons (Fsp3) is 0.160. The molecule has 0 radical (unpaired) electrons. The predicted octanol–water partition coefficient (Wildman–Crippen LogP) is 3.26. The van der Waals surface area contributed by atoms with Crippen LogP contribution in [0.25, 0.3) is 10.8 Å². The highest BCUT2D eigenvalue weighted by molar-refractivity contribution is 7.89. The molecule has 4 aromatic rings. The number of nitrogens with zero attached hydrogens (tertiary/aromatic N) is 3. The SMILES string of the molecule is Cc1ccc(S(=O)(=O)N(C)C)cc1NC(=O)c1nn(Cc2ccccc2)c(=O)c2ccccc12. The molecule has 9 heteroatoms. The highest BCUT2D eigenvalue weighted by atomic mass is 32.2. The summed E-state index contributed by atoms with van der Waals surface area (Å²) >= 11 is 0. The van der Waals surface area contributed by atoms with Gasteiger partial charge in [-0.3, -0.25) is 9.59 Å². The molecule has 4 rings (SSSR count). The Balaban J connectivity index is 1.78. The molecule has 0 aliphatic heterocycles. The van der Waals surface area contributed by atoms with Crippen molar-refractivity contribution < 1.29 is 13.2 Å². The largest absolute Gasteiger partial charge is 0.320 e. The summed E-state index contributed by atoms with van der Waals surface area (Å²) in [4.78, 5) is 26.4. The summed E-state index contributed by atoms with van der Waals surface area (Å²) in [5.74, 6) is -0.541. The third-order valence-corrected chi connectivity index (χ3v) is 7.30. The lowest BCUT2D eigenvalue weighted by molar-refractivity contribution is 0.102. The van der Waals surface area contributed by atoms with Gasteiger partial charge in [0.2, 0.25) is 10.0 Å². The van der Waals surface area contributed by atoms with Gasteiger partial charge >= 0.3 is 0 Å². The molecule has 0 bridgehead atoms. The van der Waals surface area contributed by atoms with E-state index in [9.17, 15) is 18.0 Å². The molecule has 34 heavy (non-hydrogen) atoms. The molecule has 1 heterocycles. The van der Waals surface area contributed by atoms with Crippen LogP contribution in [0.2, 0.25) is 0 Å². The van der Waals surface area contributed by atoms with Crippen molar-refractivity contribution in [3.63, 3.8) is 0 Å². The number of hydrogen-bond donors (Lipinski definition) is 1. The minimum Gasteiger partial charge on any atom is -0.320 e. The quantitative estimate of drug-likeness (QED) is 0.460. The molecule has 0 unspecified atom stereocenters. The second-order valence-corrected chi connectivity index (χ2v) is 10.2. The molecule has 3 aromatic carbocycles. The van der Waals surface area contributed by atoms with Gasteiger partial charge in [-0.25, -0.2) is 17.4 Å². The van der Waals surface area contributed by atoms with Crippen molar-refractivity contribution in [1.82, 2.24) is 14.1 Å². The van der Waals surface area contributed by atoms with Crippen molar-refractivity contribution in [2.24, 2.45) is 0 Å². The van der Waals surface area contributed by atoms with Gasteiger partial charge < -0.3 is 5.32 Å². The van der Waals surface area contributed by atoms with Gasteiger partial charge in [-0.15, -0.1) is 0 Å². The summed E-state index contributed by atoms with van der Waals surface area (Å²) in [6.07, 6.45) is 0. The van der Waals surface area contributed by atoms with E-state index in [1.54, 1.807) is 37.3 Å². The van der Waals surface area contributed by atoms with E-state index in [2.05, 4.69) is 10.4 Å². The Morgan fingerprint density at radius 1 is 0.971 bits per heavy atom. The number of carbonyl (C=O) groups is 1. The van der Waals surface area contributed by atoms with Crippen LogP contribution in [-0.2, 0) is 16.6 Å². The second-order valence-electron chi connectivity index (χ2n) is 8.06. The minimum absolute atomic E-state index is 0.0604. The monoisotopic (exact) mass is 476 g/mol. The molecule has 1 N–H and O–H groups in total. The van der Waals surface area contributed by atoms with Gasteiger partial charge in [0.15, 0.2) is 5.69 Å². The van der Waals surface area contributed by atoms with Crippen molar-refractivity contribution in [1.29, 1.82) is 0 Å². The summed E-state index contributed by atoms with van der Waals surface area (Å²) in [6, 6.07) is 20.7. The summed E-state index contributed by atoms with van der Waals surface area (Å²) in [7, 11) is -0.789. The van der Waals surface area contributed by atoms with Gasteiger partial charge in [-0.1, -0.05) is 54.6 Å². The lowest BCUT2D eigenvalue weighted by Crippen LogP contribution is -2.28. The van der Waals surface area contributed by atoms with Crippen LogP contribution in [0.1, 0.15) is 21.6 Å². The number of aryl methyl sites for hydroxylation is 1. The van der Waals surface area contributed by atoms with E-state index in [0.717, 1.165) is 9.87 Å². The minimum atomic E-state index is -3.68. The summed E-state index contributed by atoms with van der Waals surface area (Å²) in [5.41, 5.74) is 1.68. The Kier molecular flexibility index (Phi) is 6.32. The van der Waals surface area contributed by atoms with Crippen LogP contribution in [0.3, 0.4) is 0 Å². The maximum absolute atomic E-state index is 13.3. The van der Waals surface area contributed by atoms with Gasteiger partial charge in [-0.05, 0) is 36.2 Å². The number of nitrogens with one attached hydrogen (secondary N) is 1. The molecule has 0 aliphatic rings. The molecule has 1 amide bonds. The van der Waals surface area contributed by atoms with E-state index in [0.29, 0.717) is 22.0 Å². The zero-order valence-corrected chi connectivity index (χ0v) is 19.8.